The maximum Gasteiger partial charge on any atom is 0.0562 e. The smallest absolute Gasteiger partial charge is 0.0562 e. The predicted octanol–water partition coefficient (Wildman–Crippen LogP) is 14.3. The Labute approximate surface area is 329 Å². The minimum Gasteiger partial charge on any atom is -0.309 e. The van der Waals surface area contributed by atoms with Gasteiger partial charge < -0.3 is 13.7 Å². The highest BCUT2D eigenvalue weighted by Crippen LogP contribution is 2.42. The Morgan fingerprint density at radius 1 is 0.193 bits per heavy atom. The van der Waals surface area contributed by atoms with Gasteiger partial charge in [-0.2, -0.15) is 0 Å². The molecule has 12 aromatic rings. The van der Waals surface area contributed by atoms with E-state index in [-0.39, 0.29) is 0 Å². The van der Waals surface area contributed by atoms with Crippen molar-refractivity contribution in [2.75, 3.05) is 0 Å². The van der Waals surface area contributed by atoms with Gasteiger partial charge in [-0.25, -0.2) is 0 Å². The molecule has 3 heterocycles. The third kappa shape index (κ3) is 4.86. The molecule has 9 aromatic carbocycles. The van der Waals surface area contributed by atoms with Gasteiger partial charge in [-0.05, 0) is 101 Å². The third-order valence-corrected chi connectivity index (χ3v) is 11.8. The molecule has 3 aromatic heterocycles. The second-order valence-corrected chi connectivity index (χ2v) is 15.0. The number of hydrogen-bond donors (Lipinski definition) is 0. The fourth-order valence-electron chi connectivity index (χ4n) is 9.27. The first kappa shape index (κ1) is 31.7. The molecule has 0 spiro atoms. The van der Waals surface area contributed by atoms with E-state index in [1.807, 2.05) is 0 Å². The lowest BCUT2D eigenvalue weighted by atomic mass is 9.97. The van der Waals surface area contributed by atoms with Crippen LogP contribution in [0.15, 0.2) is 212 Å². The second kappa shape index (κ2) is 12.5. The summed E-state index contributed by atoms with van der Waals surface area (Å²) in [6.45, 7) is 0. The molecule has 0 aliphatic carbocycles. The van der Waals surface area contributed by atoms with Gasteiger partial charge >= 0.3 is 0 Å². The molecule has 0 amide bonds. The number of aromatic nitrogens is 3. The summed E-state index contributed by atoms with van der Waals surface area (Å²) in [5.74, 6) is 0. The van der Waals surface area contributed by atoms with Gasteiger partial charge in [-0.1, -0.05) is 133 Å². The van der Waals surface area contributed by atoms with E-state index in [9.17, 15) is 0 Å². The van der Waals surface area contributed by atoms with Crippen LogP contribution in [0.2, 0.25) is 0 Å². The van der Waals surface area contributed by atoms with E-state index in [2.05, 4.69) is 226 Å². The fraction of sp³-hybridized carbons (Fsp3) is 0. The van der Waals surface area contributed by atoms with Crippen LogP contribution in [0, 0.1) is 0 Å². The fourth-order valence-corrected chi connectivity index (χ4v) is 9.27. The summed E-state index contributed by atoms with van der Waals surface area (Å²) >= 11 is 0. The normalized spacial score (nSPS) is 11.9. The molecule has 0 atom stereocenters. The van der Waals surface area contributed by atoms with Gasteiger partial charge in [0, 0.05) is 49.4 Å². The molecule has 0 N–H and O–H groups in total. The van der Waals surface area contributed by atoms with Gasteiger partial charge in [0.25, 0.3) is 0 Å². The van der Waals surface area contributed by atoms with Crippen LogP contribution in [-0.2, 0) is 0 Å². The number of rotatable bonds is 5. The summed E-state index contributed by atoms with van der Waals surface area (Å²) < 4.78 is 7.30. The number of hydrogen-bond acceptors (Lipinski definition) is 0. The zero-order valence-corrected chi connectivity index (χ0v) is 31.0. The maximum atomic E-state index is 2.48. The molecule has 0 radical (unpaired) electrons. The van der Waals surface area contributed by atoms with Crippen molar-refractivity contribution in [2.24, 2.45) is 0 Å². The van der Waals surface area contributed by atoms with Crippen LogP contribution in [-0.4, -0.2) is 13.7 Å². The quantitative estimate of drug-likeness (QED) is 0.168. The highest BCUT2D eigenvalue weighted by Gasteiger charge is 2.20. The van der Waals surface area contributed by atoms with E-state index >= 15 is 0 Å². The van der Waals surface area contributed by atoms with Crippen molar-refractivity contribution in [3.63, 3.8) is 0 Å². The Morgan fingerprint density at radius 3 is 1.14 bits per heavy atom. The van der Waals surface area contributed by atoms with Gasteiger partial charge in [0.15, 0.2) is 0 Å². The van der Waals surface area contributed by atoms with Crippen molar-refractivity contribution < 1.29 is 0 Å². The van der Waals surface area contributed by atoms with Gasteiger partial charge in [-0.3, -0.25) is 0 Å². The summed E-state index contributed by atoms with van der Waals surface area (Å²) in [4.78, 5) is 0. The van der Waals surface area contributed by atoms with E-state index in [0.717, 1.165) is 17.1 Å². The van der Waals surface area contributed by atoms with Gasteiger partial charge in [0.2, 0.25) is 0 Å². The van der Waals surface area contributed by atoms with Crippen LogP contribution in [0.25, 0.3) is 105 Å². The molecule has 3 nitrogen and oxygen atoms in total. The molecule has 0 unspecified atom stereocenters. The molecule has 0 aliphatic rings. The van der Waals surface area contributed by atoms with E-state index in [1.165, 1.54) is 87.7 Å². The predicted molar refractivity (Wildman–Crippen MR) is 240 cm³/mol. The first-order valence-electron chi connectivity index (χ1n) is 19.6. The Kier molecular flexibility index (Phi) is 6.93. The zero-order valence-electron chi connectivity index (χ0n) is 31.0. The van der Waals surface area contributed by atoms with Crippen molar-refractivity contribution in [1.82, 2.24) is 13.7 Å². The van der Waals surface area contributed by atoms with Crippen molar-refractivity contribution in [2.45, 2.75) is 0 Å². The van der Waals surface area contributed by atoms with Crippen LogP contribution in [0.4, 0.5) is 0 Å². The van der Waals surface area contributed by atoms with Gasteiger partial charge in [0.05, 0.1) is 33.1 Å². The average molecular weight is 726 g/mol. The zero-order chi connectivity index (χ0) is 37.5. The van der Waals surface area contributed by atoms with E-state index in [1.54, 1.807) is 0 Å². The summed E-state index contributed by atoms with van der Waals surface area (Å²) in [5.41, 5.74) is 15.3. The number of benzene rings is 9. The number of para-hydroxylation sites is 5. The lowest BCUT2D eigenvalue weighted by Crippen LogP contribution is -1.97. The summed E-state index contributed by atoms with van der Waals surface area (Å²) in [6, 6.07) is 77.5. The molecule has 0 bridgehead atoms. The van der Waals surface area contributed by atoms with Gasteiger partial charge in [0.1, 0.15) is 0 Å². The summed E-state index contributed by atoms with van der Waals surface area (Å²) in [5, 5.41) is 7.50. The summed E-state index contributed by atoms with van der Waals surface area (Å²) in [7, 11) is 0. The van der Waals surface area contributed by atoms with E-state index in [4.69, 9.17) is 0 Å². The Morgan fingerprint density at radius 2 is 0.596 bits per heavy atom. The molecule has 57 heavy (non-hydrogen) atoms. The van der Waals surface area contributed by atoms with Crippen LogP contribution in [0.1, 0.15) is 0 Å². The van der Waals surface area contributed by atoms with E-state index in [0.29, 0.717) is 0 Å². The van der Waals surface area contributed by atoms with Crippen molar-refractivity contribution in [3.05, 3.63) is 212 Å². The molecule has 0 aliphatic heterocycles. The lowest BCUT2D eigenvalue weighted by molar-refractivity contribution is 1.16. The Balaban J connectivity index is 1.16. The summed E-state index contributed by atoms with van der Waals surface area (Å²) in [6.07, 6.45) is 0. The Bertz CT molecular complexity index is 3500. The minimum atomic E-state index is 1.13. The minimum absolute atomic E-state index is 1.13. The van der Waals surface area contributed by atoms with Crippen LogP contribution >= 0.6 is 0 Å². The number of nitrogens with zero attached hydrogens (tertiary/aromatic N) is 3. The molecule has 0 saturated heterocycles. The lowest BCUT2D eigenvalue weighted by Gasteiger charge is -2.15. The van der Waals surface area contributed by atoms with Crippen molar-refractivity contribution in [3.8, 4) is 39.3 Å². The van der Waals surface area contributed by atoms with Crippen LogP contribution < -0.4 is 0 Å². The maximum absolute atomic E-state index is 2.48. The second-order valence-electron chi connectivity index (χ2n) is 15.0. The molecule has 0 fully saturated rings. The van der Waals surface area contributed by atoms with E-state index < -0.39 is 0 Å². The molecule has 12 rings (SSSR count). The monoisotopic (exact) mass is 725 g/mol. The molecular weight excluding hydrogens is 691 g/mol. The van der Waals surface area contributed by atoms with Gasteiger partial charge in [-0.15, -0.1) is 0 Å². The highest BCUT2D eigenvalue weighted by molar-refractivity contribution is 6.19. The molecule has 0 saturated carbocycles. The average Bonchev–Trinajstić information content (AvgIpc) is 3.91. The van der Waals surface area contributed by atoms with Crippen LogP contribution in [0.3, 0.4) is 0 Å². The SMILES string of the molecule is c1ccc(-c2cc(-c3ccc4c5ccccc5n(-c5ccccc5)c4c3)cc(-n3c4ccccc4c4cc5c6ccccc6n(-c6ccccc6)c5cc43)c2)cc1. The number of fused-ring (bicyclic) bond motifs is 9. The molecular formula is C54H35N3. The standard InChI is InChI=1S/C54H35N3/c1-4-16-36(17-5-1)38-30-39(37-28-29-46-43-22-10-13-25-49(43)55(52(46)33-37)40-18-6-2-7-19-40)32-42(31-38)57-51-27-15-12-24-45(51)48-34-47-44-23-11-14-26-50(44)56(53(47)35-54(48)57)41-20-8-3-9-21-41/h1-35H. The van der Waals surface area contributed by atoms with Crippen LogP contribution in [0.5, 0.6) is 0 Å². The van der Waals surface area contributed by atoms with Crippen molar-refractivity contribution in [1.29, 1.82) is 0 Å². The Hall–Kier alpha value is -7.62. The third-order valence-electron chi connectivity index (χ3n) is 11.8. The first-order chi connectivity index (χ1) is 28.3. The first-order valence-corrected chi connectivity index (χ1v) is 19.6. The van der Waals surface area contributed by atoms with Crippen molar-refractivity contribution >= 4 is 65.4 Å². The largest absolute Gasteiger partial charge is 0.309 e. The molecule has 3 heteroatoms. The molecule has 266 valence electrons. The topological polar surface area (TPSA) is 14.8 Å². The highest BCUT2D eigenvalue weighted by atomic mass is 15.0.